The van der Waals surface area contributed by atoms with E-state index in [0.29, 0.717) is 17.7 Å². The summed E-state index contributed by atoms with van der Waals surface area (Å²) < 4.78 is 42.5. The number of hydrogen-bond acceptors (Lipinski definition) is 5. The lowest BCUT2D eigenvalue weighted by Gasteiger charge is -2.33. The van der Waals surface area contributed by atoms with Gasteiger partial charge in [0.2, 0.25) is 11.8 Å². The van der Waals surface area contributed by atoms with E-state index >= 15 is 0 Å². The number of nitrogens with zero attached hydrogens (tertiary/aromatic N) is 2. The average molecular weight is 586 g/mol. The zero-order chi connectivity index (χ0) is 29.4. The maximum absolute atomic E-state index is 14.0. The lowest BCUT2D eigenvalue weighted by Crippen LogP contribution is -2.53. The highest BCUT2D eigenvalue weighted by atomic mass is 32.2. The number of anilines is 1. The molecule has 7 nitrogen and oxygen atoms in total. The number of nitrogens with one attached hydrogen (secondary N) is 1. The van der Waals surface area contributed by atoms with Crippen LogP contribution in [0.2, 0.25) is 0 Å². The number of carbonyl (C=O) groups is 2. The van der Waals surface area contributed by atoms with Crippen LogP contribution < -0.4 is 9.62 Å². The van der Waals surface area contributed by atoms with E-state index in [1.807, 2.05) is 27.0 Å². The van der Waals surface area contributed by atoms with Crippen LogP contribution in [0, 0.1) is 12.7 Å². The minimum absolute atomic E-state index is 0.00728. The molecule has 3 aromatic rings. The number of amides is 2. The fourth-order valence-corrected chi connectivity index (χ4v) is 6.02. The fraction of sp³-hybridized carbons (Fsp3) is 0.333. The normalized spacial score (nSPS) is 12.2. The first-order valence-corrected chi connectivity index (χ1v) is 15.7. The molecule has 3 aromatic carbocycles. The summed E-state index contributed by atoms with van der Waals surface area (Å²) in [5, 5.41) is 2.86. The SMILES string of the molecule is CC[C@@H](C(=O)NC(C)C)N(Cc1ccc(F)cc1)C(=O)CN(c1ccc(C)cc1)S(=O)(=O)c1ccc(SC)cc1. The predicted octanol–water partition coefficient (Wildman–Crippen LogP) is 5.38. The van der Waals surface area contributed by atoms with Gasteiger partial charge in [-0.25, -0.2) is 12.8 Å². The van der Waals surface area contributed by atoms with Crippen LogP contribution in [0.15, 0.2) is 82.6 Å². The highest BCUT2D eigenvalue weighted by Crippen LogP contribution is 2.27. The third kappa shape index (κ3) is 7.85. The molecule has 0 bridgehead atoms. The van der Waals surface area contributed by atoms with Crippen molar-refractivity contribution in [2.45, 2.75) is 62.5 Å². The van der Waals surface area contributed by atoms with E-state index in [-0.39, 0.29) is 23.4 Å². The summed E-state index contributed by atoms with van der Waals surface area (Å²) in [7, 11) is -4.14. The second-order valence-electron chi connectivity index (χ2n) is 9.76. The first-order chi connectivity index (χ1) is 19.0. The van der Waals surface area contributed by atoms with E-state index in [0.717, 1.165) is 14.8 Å². The Morgan fingerprint density at radius 1 is 0.950 bits per heavy atom. The summed E-state index contributed by atoms with van der Waals surface area (Å²) in [6.07, 6.45) is 2.20. The molecule has 1 N–H and O–H groups in total. The number of rotatable bonds is 12. The van der Waals surface area contributed by atoms with E-state index in [1.54, 1.807) is 55.5 Å². The van der Waals surface area contributed by atoms with Gasteiger partial charge in [0.15, 0.2) is 0 Å². The number of carbonyl (C=O) groups excluding carboxylic acids is 2. The van der Waals surface area contributed by atoms with Crippen LogP contribution in [0.3, 0.4) is 0 Å². The number of aryl methyl sites for hydroxylation is 1. The zero-order valence-electron chi connectivity index (χ0n) is 23.4. The molecule has 214 valence electrons. The maximum atomic E-state index is 14.0. The largest absolute Gasteiger partial charge is 0.352 e. The van der Waals surface area contributed by atoms with Gasteiger partial charge in [-0.05, 0) is 87.5 Å². The minimum atomic E-state index is -4.14. The molecule has 0 radical (unpaired) electrons. The molecule has 40 heavy (non-hydrogen) atoms. The van der Waals surface area contributed by atoms with Gasteiger partial charge < -0.3 is 10.2 Å². The molecule has 0 saturated heterocycles. The number of hydrogen-bond donors (Lipinski definition) is 1. The second-order valence-corrected chi connectivity index (χ2v) is 12.5. The summed E-state index contributed by atoms with van der Waals surface area (Å²) >= 11 is 1.49. The van der Waals surface area contributed by atoms with Crippen LogP contribution in [-0.2, 0) is 26.2 Å². The van der Waals surface area contributed by atoms with Gasteiger partial charge in [0.05, 0.1) is 10.6 Å². The standard InChI is InChI=1S/C30H36FN3O4S2/c1-6-28(30(36)32-21(2)3)33(19-23-9-11-24(31)12-10-23)29(35)20-34(25-13-7-22(4)8-14-25)40(37,38)27-17-15-26(39-5)16-18-27/h7-18,21,28H,6,19-20H2,1-5H3,(H,32,36)/t28-/m0/s1. The van der Waals surface area contributed by atoms with Crippen molar-refractivity contribution in [1.82, 2.24) is 10.2 Å². The Morgan fingerprint density at radius 3 is 2.08 bits per heavy atom. The van der Waals surface area contributed by atoms with Crippen LogP contribution >= 0.6 is 11.8 Å². The summed E-state index contributed by atoms with van der Waals surface area (Å²) in [4.78, 5) is 29.5. The number of thioether (sulfide) groups is 1. The third-order valence-corrected chi connectivity index (χ3v) is 8.86. The first kappa shape index (κ1) is 31.2. The van der Waals surface area contributed by atoms with E-state index in [9.17, 15) is 22.4 Å². The average Bonchev–Trinajstić information content (AvgIpc) is 2.92. The Morgan fingerprint density at radius 2 is 1.55 bits per heavy atom. The molecule has 3 rings (SSSR count). The van der Waals surface area contributed by atoms with Crippen molar-refractivity contribution in [3.8, 4) is 0 Å². The fourth-order valence-electron chi connectivity index (χ4n) is 4.20. The van der Waals surface area contributed by atoms with Crippen molar-refractivity contribution < 1.29 is 22.4 Å². The van der Waals surface area contributed by atoms with Gasteiger partial charge >= 0.3 is 0 Å². The van der Waals surface area contributed by atoms with Crippen molar-refractivity contribution in [3.63, 3.8) is 0 Å². The molecule has 0 spiro atoms. The van der Waals surface area contributed by atoms with Crippen LogP contribution in [0.1, 0.15) is 38.3 Å². The molecule has 0 aliphatic heterocycles. The molecule has 0 saturated carbocycles. The van der Waals surface area contributed by atoms with Gasteiger partial charge in [-0.1, -0.05) is 36.8 Å². The Balaban J connectivity index is 2.05. The van der Waals surface area contributed by atoms with E-state index in [1.165, 1.54) is 40.9 Å². The minimum Gasteiger partial charge on any atom is -0.352 e. The van der Waals surface area contributed by atoms with Crippen molar-refractivity contribution >= 4 is 39.3 Å². The van der Waals surface area contributed by atoms with Gasteiger partial charge in [-0.2, -0.15) is 0 Å². The van der Waals surface area contributed by atoms with Gasteiger partial charge in [0.25, 0.3) is 10.0 Å². The maximum Gasteiger partial charge on any atom is 0.264 e. The van der Waals surface area contributed by atoms with Crippen molar-refractivity contribution in [2.75, 3.05) is 17.1 Å². The summed E-state index contributed by atoms with van der Waals surface area (Å²) in [6, 6.07) is 18.0. The van der Waals surface area contributed by atoms with Gasteiger partial charge in [-0.15, -0.1) is 11.8 Å². The lowest BCUT2D eigenvalue weighted by atomic mass is 10.1. The molecule has 0 fully saturated rings. The monoisotopic (exact) mass is 585 g/mol. The zero-order valence-corrected chi connectivity index (χ0v) is 25.1. The Bertz CT molecular complexity index is 1390. The van der Waals surface area contributed by atoms with E-state index in [2.05, 4.69) is 5.32 Å². The number of halogens is 1. The van der Waals surface area contributed by atoms with Gasteiger partial charge in [-0.3, -0.25) is 13.9 Å². The van der Waals surface area contributed by atoms with Crippen molar-refractivity contribution in [3.05, 3.63) is 89.7 Å². The van der Waals surface area contributed by atoms with Crippen molar-refractivity contribution in [1.29, 1.82) is 0 Å². The van der Waals surface area contributed by atoms with Gasteiger partial charge in [0.1, 0.15) is 18.4 Å². The van der Waals surface area contributed by atoms with Gasteiger partial charge in [0, 0.05) is 17.5 Å². The Labute approximate surface area is 240 Å². The number of benzene rings is 3. The smallest absolute Gasteiger partial charge is 0.264 e. The first-order valence-electron chi connectivity index (χ1n) is 13.0. The molecule has 0 aliphatic carbocycles. The van der Waals surface area contributed by atoms with E-state index < -0.39 is 34.3 Å². The molecular weight excluding hydrogens is 549 g/mol. The third-order valence-electron chi connectivity index (χ3n) is 6.33. The number of sulfonamides is 1. The highest BCUT2D eigenvalue weighted by molar-refractivity contribution is 7.98. The molecule has 0 heterocycles. The van der Waals surface area contributed by atoms with E-state index in [4.69, 9.17) is 0 Å². The van der Waals surface area contributed by atoms with Crippen LogP contribution in [0.25, 0.3) is 0 Å². The molecule has 2 amide bonds. The Hall–Kier alpha value is -3.37. The van der Waals surface area contributed by atoms with Crippen molar-refractivity contribution in [2.24, 2.45) is 0 Å². The Kier molecular flexibility index (Phi) is 10.8. The predicted molar refractivity (Wildman–Crippen MR) is 158 cm³/mol. The molecular formula is C30H36FN3O4S2. The molecule has 0 aromatic heterocycles. The highest BCUT2D eigenvalue weighted by Gasteiger charge is 2.33. The summed E-state index contributed by atoms with van der Waals surface area (Å²) in [6.45, 7) is 6.81. The second kappa shape index (κ2) is 13.8. The van der Waals surface area contributed by atoms with Crippen LogP contribution in [0.4, 0.5) is 10.1 Å². The van der Waals surface area contributed by atoms with Crippen LogP contribution in [-0.4, -0.2) is 50.0 Å². The molecule has 1 atom stereocenters. The van der Waals surface area contributed by atoms with Crippen LogP contribution in [0.5, 0.6) is 0 Å². The molecule has 0 aliphatic rings. The summed E-state index contributed by atoms with van der Waals surface area (Å²) in [5.74, 6) is -1.32. The quantitative estimate of drug-likeness (QED) is 0.288. The molecule has 10 heteroatoms. The summed E-state index contributed by atoms with van der Waals surface area (Å²) in [5.41, 5.74) is 1.88. The lowest BCUT2D eigenvalue weighted by molar-refractivity contribution is -0.140. The topological polar surface area (TPSA) is 86.8 Å². The molecule has 0 unspecified atom stereocenters.